The summed E-state index contributed by atoms with van der Waals surface area (Å²) in [4.78, 5) is 0. The average molecular weight is 196 g/mol. The highest BCUT2D eigenvalue weighted by Crippen LogP contribution is 2.14. The van der Waals surface area contributed by atoms with Crippen LogP contribution in [-0.2, 0) is 5.75 Å². The van der Waals surface area contributed by atoms with Gasteiger partial charge in [0.2, 0.25) is 0 Å². The Bertz CT molecular complexity index is 261. The van der Waals surface area contributed by atoms with Crippen LogP contribution in [0.4, 0.5) is 5.69 Å². The number of anilines is 1. The summed E-state index contributed by atoms with van der Waals surface area (Å²) in [7, 11) is 0. The number of nitrogens with two attached hydrogens (primary N) is 2. The summed E-state index contributed by atoms with van der Waals surface area (Å²) in [6.07, 6.45) is 0. The maximum Gasteiger partial charge on any atom is 0.0317 e. The second-order valence-electron chi connectivity index (χ2n) is 3.24. The van der Waals surface area contributed by atoms with Crippen LogP contribution in [-0.4, -0.2) is 11.8 Å². The van der Waals surface area contributed by atoms with E-state index in [0.717, 1.165) is 17.2 Å². The first-order chi connectivity index (χ1) is 6.18. The van der Waals surface area contributed by atoms with Crippen LogP contribution in [0.3, 0.4) is 0 Å². The van der Waals surface area contributed by atoms with Crippen LogP contribution in [0.25, 0.3) is 0 Å². The number of hydrogen-bond acceptors (Lipinski definition) is 3. The topological polar surface area (TPSA) is 52.0 Å². The Kier molecular flexibility index (Phi) is 4.12. The van der Waals surface area contributed by atoms with Gasteiger partial charge in [-0.1, -0.05) is 12.1 Å². The largest absolute Gasteiger partial charge is 0.399 e. The summed E-state index contributed by atoms with van der Waals surface area (Å²) in [5, 5.41) is 0. The molecule has 1 unspecified atom stereocenters. The summed E-state index contributed by atoms with van der Waals surface area (Å²) in [6.45, 7) is 2.02. The molecule has 0 aliphatic carbocycles. The highest BCUT2D eigenvalue weighted by Gasteiger charge is 1.96. The second kappa shape index (κ2) is 5.14. The number of benzene rings is 1. The zero-order chi connectivity index (χ0) is 9.68. The van der Waals surface area contributed by atoms with Crippen molar-refractivity contribution >= 4 is 17.4 Å². The van der Waals surface area contributed by atoms with Crippen molar-refractivity contribution < 1.29 is 0 Å². The van der Waals surface area contributed by atoms with Crippen molar-refractivity contribution in [2.75, 3.05) is 11.5 Å². The molecule has 1 atom stereocenters. The smallest absolute Gasteiger partial charge is 0.0317 e. The van der Waals surface area contributed by atoms with Gasteiger partial charge in [-0.25, -0.2) is 0 Å². The lowest BCUT2D eigenvalue weighted by molar-refractivity contribution is 0.847. The van der Waals surface area contributed by atoms with Gasteiger partial charge in [-0.05, 0) is 24.6 Å². The lowest BCUT2D eigenvalue weighted by Gasteiger charge is -2.05. The van der Waals surface area contributed by atoms with Gasteiger partial charge in [-0.15, -0.1) is 0 Å². The molecule has 0 aromatic heterocycles. The fourth-order valence-electron chi connectivity index (χ4n) is 1.05. The maximum absolute atomic E-state index is 5.66. The number of thioether (sulfide) groups is 1. The zero-order valence-electron chi connectivity index (χ0n) is 7.86. The molecule has 0 aliphatic rings. The summed E-state index contributed by atoms with van der Waals surface area (Å²) in [6, 6.07) is 8.25. The van der Waals surface area contributed by atoms with Gasteiger partial charge >= 0.3 is 0 Å². The third-order valence-electron chi connectivity index (χ3n) is 1.60. The SMILES string of the molecule is CC(N)CSCc1cccc(N)c1. The molecule has 2 nitrogen and oxygen atoms in total. The molecule has 0 bridgehead atoms. The van der Waals surface area contributed by atoms with Gasteiger partial charge in [0.05, 0.1) is 0 Å². The third-order valence-corrected chi connectivity index (χ3v) is 2.90. The van der Waals surface area contributed by atoms with E-state index in [-0.39, 0.29) is 6.04 Å². The fourth-order valence-corrected chi connectivity index (χ4v) is 1.95. The first kappa shape index (κ1) is 10.4. The number of rotatable bonds is 4. The molecular weight excluding hydrogens is 180 g/mol. The van der Waals surface area contributed by atoms with Crippen LogP contribution < -0.4 is 11.5 Å². The first-order valence-corrected chi connectivity index (χ1v) is 5.51. The van der Waals surface area contributed by atoms with E-state index in [2.05, 4.69) is 6.07 Å². The lowest BCUT2D eigenvalue weighted by Crippen LogP contribution is -2.17. The molecule has 0 amide bonds. The molecule has 1 rings (SSSR count). The molecule has 1 aromatic carbocycles. The number of nitrogen functional groups attached to an aromatic ring is 1. The minimum Gasteiger partial charge on any atom is -0.399 e. The molecule has 0 aliphatic heterocycles. The third kappa shape index (κ3) is 4.20. The van der Waals surface area contributed by atoms with Crippen LogP contribution in [0.1, 0.15) is 12.5 Å². The van der Waals surface area contributed by atoms with Crippen molar-refractivity contribution in [2.45, 2.75) is 18.7 Å². The van der Waals surface area contributed by atoms with E-state index in [1.807, 2.05) is 36.9 Å². The summed E-state index contributed by atoms with van der Waals surface area (Å²) in [5.74, 6) is 1.99. The fraction of sp³-hybridized carbons (Fsp3) is 0.400. The maximum atomic E-state index is 5.66. The highest BCUT2D eigenvalue weighted by molar-refractivity contribution is 7.98. The van der Waals surface area contributed by atoms with E-state index in [0.29, 0.717) is 0 Å². The minimum absolute atomic E-state index is 0.269. The summed E-state index contributed by atoms with van der Waals surface area (Å²) in [5.41, 5.74) is 13.4. The molecular formula is C10H16N2S. The summed E-state index contributed by atoms with van der Waals surface area (Å²) < 4.78 is 0. The van der Waals surface area contributed by atoms with E-state index >= 15 is 0 Å². The Morgan fingerprint density at radius 3 is 2.85 bits per heavy atom. The van der Waals surface area contributed by atoms with Gasteiger partial charge in [0.15, 0.2) is 0 Å². The Hall–Kier alpha value is -0.670. The molecule has 0 spiro atoms. The number of hydrogen-bond donors (Lipinski definition) is 2. The van der Waals surface area contributed by atoms with Crippen LogP contribution in [0.15, 0.2) is 24.3 Å². The van der Waals surface area contributed by atoms with Gasteiger partial charge in [-0.2, -0.15) is 11.8 Å². The normalized spacial score (nSPS) is 12.8. The van der Waals surface area contributed by atoms with E-state index in [1.54, 1.807) is 0 Å². The predicted octanol–water partition coefficient (Wildman–Crippen LogP) is 1.85. The van der Waals surface area contributed by atoms with Crippen LogP contribution in [0.2, 0.25) is 0 Å². The van der Waals surface area contributed by atoms with Crippen molar-refractivity contribution in [1.82, 2.24) is 0 Å². The molecule has 0 saturated heterocycles. The van der Waals surface area contributed by atoms with Crippen molar-refractivity contribution in [3.05, 3.63) is 29.8 Å². The molecule has 0 heterocycles. The van der Waals surface area contributed by atoms with Crippen molar-refractivity contribution in [1.29, 1.82) is 0 Å². The Balaban J connectivity index is 2.37. The molecule has 4 N–H and O–H groups in total. The monoisotopic (exact) mass is 196 g/mol. The molecule has 0 fully saturated rings. The lowest BCUT2D eigenvalue weighted by atomic mass is 10.2. The Morgan fingerprint density at radius 2 is 2.23 bits per heavy atom. The molecule has 0 saturated carbocycles. The highest BCUT2D eigenvalue weighted by atomic mass is 32.2. The van der Waals surface area contributed by atoms with Gasteiger partial charge in [0.1, 0.15) is 0 Å². The average Bonchev–Trinajstić information content (AvgIpc) is 2.03. The Labute approximate surface area is 83.7 Å². The molecule has 0 radical (unpaired) electrons. The first-order valence-electron chi connectivity index (χ1n) is 4.36. The van der Waals surface area contributed by atoms with Crippen molar-refractivity contribution in [3.63, 3.8) is 0 Å². The predicted molar refractivity (Wildman–Crippen MR) is 60.7 cm³/mol. The summed E-state index contributed by atoms with van der Waals surface area (Å²) >= 11 is 1.84. The van der Waals surface area contributed by atoms with Gasteiger partial charge < -0.3 is 11.5 Å². The second-order valence-corrected chi connectivity index (χ2v) is 4.27. The molecule has 13 heavy (non-hydrogen) atoms. The van der Waals surface area contributed by atoms with E-state index in [4.69, 9.17) is 11.5 Å². The minimum atomic E-state index is 0.269. The van der Waals surface area contributed by atoms with E-state index < -0.39 is 0 Å². The van der Waals surface area contributed by atoms with Gasteiger partial charge in [-0.3, -0.25) is 0 Å². The van der Waals surface area contributed by atoms with E-state index in [9.17, 15) is 0 Å². The zero-order valence-corrected chi connectivity index (χ0v) is 8.68. The van der Waals surface area contributed by atoms with Crippen molar-refractivity contribution in [3.8, 4) is 0 Å². The molecule has 3 heteroatoms. The molecule has 72 valence electrons. The van der Waals surface area contributed by atoms with Crippen LogP contribution >= 0.6 is 11.8 Å². The van der Waals surface area contributed by atoms with Crippen LogP contribution in [0.5, 0.6) is 0 Å². The molecule has 1 aromatic rings. The van der Waals surface area contributed by atoms with E-state index in [1.165, 1.54) is 5.56 Å². The van der Waals surface area contributed by atoms with Crippen molar-refractivity contribution in [2.24, 2.45) is 5.73 Å². The van der Waals surface area contributed by atoms with Crippen LogP contribution in [0, 0.1) is 0 Å². The Morgan fingerprint density at radius 1 is 1.46 bits per heavy atom. The van der Waals surface area contributed by atoms with Gasteiger partial charge in [0, 0.05) is 23.2 Å². The van der Waals surface area contributed by atoms with Gasteiger partial charge in [0.25, 0.3) is 0 Å². The standard InChI is InChI=1S/C10H16N2S/c1-8(11)6-13-7-9-3-2-4-10(12)5-9/h2-5,8H,6-7,11-12H2,1H3. The quantitative estimate of drug-likeness (QED) is 0.723.